The van der Waals surface area contributed by atoms with E-state index in [1.165, 1.54) is 17.0 Å². The molecule has 5 nitrogen and oxygen atoms in total. The zero-order valence-electron chi connectivity index (χ0n) is 13.6. The largest absolute Gasteiger partial charge is 0.379 e. The highest BCUT2D eigenvalue weighted by molar-refractivity contribution is 5.57. The lowest BCUT2D eigenvalue weighted by Gasteiger charge is -2.32. The van der Waals surface area contributed by atoms with E-state index in [2.05, 4.69) is 46.4 Å². The number of aromatic amines is 1. The van der Waals surface area contributed by atoms with Crippen LogP contribution in [0.2, 0.25) is 0 Å². The van der Waals surface area contributed by atoms with E-state index < -0.39 is 0 Å². The van der Waals surface area contributed by atoms with Crippen molar-refractivity contribution in [1.29, 1.82) is 0 Å². The Bertz CT molecular complexity index is 635. The molecule has 3 heterocycles. The van der Waals surface area contributed by atoms with Gasteiger partial charge in [0.2, 0.25) is 0 Å². The SMILES string of the molecule is CC(c1ccc(-c2nc3c([nH]2)CNCC3)cc1)N1CCOCC1. The van der Waals surface area contributed by atoms with Gasteiger partial charge in [0.1, 0.15) is 5.82 Å². The van der Waals surface area contributed by atoms with Crippen LogP contribution in [0.5, 0.6) is 0 Å². The number of hydrogen-bond acceptors (Lipinski definition) is 4. The number of fused-ring (bicyclic) bond motifs is 1. The number of imidazole rings is 1. The number of H-pyrrole nitrogens is 1. The van der Waals surface area contributed by atoms with Crippen LogP contribution in [-0.4, -0.2) is 47.7 Å². The number of nitrogens with one attached hydrogen (secondary N) is 2. The molecule has 0 saturated carbocycles. The maximum Gasteiger partial charge on any atom is 0.137 e. The molecular weight excluding hydrogens is 288 g/mol. The Morgan fingerprint density at radius 3 is 2.70 bits per heavy atom. The van der Waals surface area contributed by atoms with Crippen LogP contribution < -0.4 is 5.32 Å². The first-order valence-electron chi connectivity index (χ1n) is 8.52. The van der Waals surface area contributed by atoms with Gasteiger partial charge in [-0.15, -0.1) is 0 Å². The Kier molecular flexibility index (Phi) is 4.16. The standard InChI is InChI=1S/C18H24N4O/c1-13(22-8-10-23-11-9-22)14-2-4-15(5-3-14)18-20-16-6-7-19-12-17(16)21-18/h2-5,13,19H,6-12H2,1H3,(H,20,21). The first-order chi connectivity index (χ1) is 11.3. The summed E-state index contributed by atoms with van der Waals surface area (Å²) in [6.07, 6.45) is 1.01. The summed E-state index contributed by atoms with van der Waals surface area (Å²) in [5.41, 5.74) is 4.97. The molecule has 2 aliphatic heterocycles. The molecular formula is C18H24N4O. The van der Waals surface area contributed by atoms with Crippen molar-refractivity contribution in [3.63, 3.8) is 0 Å². The van der Waals surface area contributed by atoms with Gasteiger partial charge in [0.25, 0.3) is 0 Å². The first kappa shape index (κ1) is 14.9. The molecule has 122 valence electrons. The van der Waals surface area contributed by atoms with E-state index in [9.17, 15) is 0 Å². The molecule has 4 rings (SSSR count). The van der Waals surface area contributed by atoms with Gasteiger partial charge in [-0.25, -0.2) is 4.98 Å². The molecule has 0 aliphatic carbocycles. The molecule has 5 heteroatoms. The molecule has 1 aromatic carbocycles. The number of hydrogen-bond donors (Lipinski definition) is 2. The number of morpholine rings is 1. The van der Waals surface area contributed by atoms with Gasteiger partial charge >= 0.3 is 0 Å². The number of aromatic nitrogens is 2. The van der Waals surface area contributed by atoms with Crippen molar-refractivity contribution in [3.05, 3.63) is 41.2 Å². The van der Waals surface area contributed by atoms with Gasteiger partial charge in [-0.2, -0.15) is 0 Å². The van der Waals surface area contributed by atoms with E-state index in [0.29, 0.717) is 6.04 Å². The quantitative estimate of drug-likeness (QED) is 0.911. The lowest BCUT2D eigenvalue weighted by atomic mass is 10.0. The fourth-order valence-corrected chi connectivity index (χ4v) is 3.45. The van der Waals surface area contributed by atoms with Crippen LogP contribution in [0.3, 0.4) is 0 Å². The summed E-state index contributed by atoms with van der Waals surface area (Å²) >= 11 is 0. The second-order valence-corrected chi connectivity index (χ2v) is 6.38. The fourth-order valence-electron chi connectivity index (χ4n) is 3.45. The normalized spacial score (nSPS) is 20.2. The van der Waals surface area contributed by atoms with Crippen molar-refractivity contribution in [2.45, 2.75) is 25.9 Å². The molecule has 2 aliphatic rings. The summed E-state index contributed by atoms with van der Waals surface area (Å²) < 4.78 is 5.44. The maximum absolute atomic E-state index is 5.44. The Labute approximate surface area is 137 Å². The van der Waals surface area contributed by atoms with Crippen molar-refractivity contribution in [1.82, 2.24) is 20.2 Å². The van der Waals surface area contributed by atoms with Gasteiger partial charge in [0.15, 0.2) is 0 Å². The molecule has 23 heavy (non-hydrogen) atoms. The number of benzene rings is 1. The van der Waals surface area contributed by atoms with Crippen molar-refractivity contribution in [2.75, 3.05) is 32.8 Å². The van der Waals surface area contributed by atoms with E-state index in [4.69, 9.17) is 9.72 Å². The third kappa shape index (κ3) is 3.04. The average molecular weight is 312 g/mol. The Hall–Kier alpha value is -1.69. The molecule has 2 N–H and O–H groups in total. The minimum Gasteiger partial charge on any atom is -0.379 e. The van der Waals surface area contributed by atoms with Crippen LogP contribution in [0.1, 0.15) is 29.9 Å². The topological polar surface area (TPSA) is 53.2 Å². The lowest BCUT2D eigenvalue weighted by molar-refractivity contribution is 0.0198. The number of ether oxygens (including phenoxy) is 1. The smallest absolute Gasteiger partial charge is 0.137 e. The van der Waals surface area contributed by atoms with Gasteiger partial charge < -0.3 is 15.0 Å². The lowest BCUT2D eigenvalue weighted by Crippen LogP contribution is -2.37. The predicted molar refractivity (Wildman–Crippen MR) is 90.2 cm³/mol. The molecule has 0 spiro atoms. The minimum atomic E-state index is 0.432. The maximum atomic E-state index is 5.44. The summed E-state index contributed by atoms with van der Waals surface area (Å²) in [5, 5.41) is 3.38. The molecule has 1 unspecified atom stereocenters. The Morgan fingerprint density at radius 1 is 1.17 bits per heavy atom. The van der Waals surface area contributed by atoms with Crippen LogP contribution in [0.4, 0.5) is 0 Å². The predicted octanol–water partition coefficient (Wildman–Crippen LogP) is 2.12. The molecule has 1 aromatic heterocycles. The van der Waals surface area contributed by atoms with E-state index in [1.54, 1.807) is 0 Å². The monoisotopic (exact) mass is 312 g/mol. The molecule has 0 radical (unpaired) electrons. The Balaban J connectivity index is 1.52. The van der Waals surface area contributed by atoms with Crippen molar-refractivity contribution < 1.29 is 4.74 Å². The number of nitrogens with zero attached hydrogens (tertiary/aromatic N) is 2. The van der Waals surface area contributed by atoms with Gasteiger partial charge in [0.05, 0.1) is 24.6 Å². The summed E-state index contributed by atoms with van der Waals surface area (Å²) in [6, 6.07) is 9.26. The van der Waals surface area contributed by atoms with Gasteiger partial charge in [-0.1, -0.05) is 24.3 Å². The van der Waals surface area contributed by atoms with E-state index >= 15 is 0 Å². The molecule has 0 bridgehead atoms. The van der Waals surface area contributed by atoms with Crippen molar-refractivity contribution in [3.8, 4) is 11.4 Å². The molecule has 1 saturated heterocycles. The van der Waals surface area contributed by atoms with Crippen LogP contribution in [0.15, 0.2) is 24.3 Å². The van der Waals surface area contributed by atoms with Crippen LogP contribution in [0.25, 0.3) is 11.4 Å². The molecule has 1 atom stereocenters. The highest BCUT2D eigenvalue weighted by Crippen LogP contribution is 2.25. The third-order valence-electron chi connectivity index (χ3n) is 4.96. The van der Waals surface area contributed by atoms with E-state index in [-0.39, 0.29) is 0 Å². The zero-order valence-corrected chi connectivity index (χ0v) is 13.6. The summed E-state index contributed by atoms with van der Waals surface area (Å²) in [6.45, 7) is 7.91. The second kappa shape index (κ2) is 6.43. The first-order valence-corrected chi connectivity index (χ1v) is 8.52. The Morgan fingerprint density at radius 2 is 1.96 bits per heavy atom. The van der Waals surface area contributed by atoms with E-state index in [0.717, 1.165) is 57.2 Å². The number of rotatable bonds is 3. The van der Waals surface area contributed by atoms with Crippen LogP contribution in [-0.2, 0) is 17.7 Å². The third-order valence-corrected chi connectivity index (χ3v) is 4.96. The van der Waals surface area contributed by atoms with Gasteiger partial charge in [0, 0.05) is 44.2 Å². The van der Waals surface area contributed by atoms with Crippen LogP contribution >= 0.6 is 0 Å². The highest BCUT2D eigenvalue weighted by Gasteiger charge is 2.19. The van der Waals surface area contributed by atoms with E-state index in [1.807, 2.05) is 0 Å². The highest BCUT2D eigenvalue weighted by atomic mass is 16.5. The molecule has 2 aromatic rings. The summed E-state index contributed by atoms with van der Waals surface area (Å²) in [4.78, 5) is 10.7. The zero-order chi connectivity index (χ0) is 15.6. The van der Waals surface area contributed by atoms with Crippen molar-refractivity contribution >= 4 is 0 Å². The fraction of sp³-hybridized carbons (Fsp3) is 0.500. The summed E-state index contributed by atoms with van der Waals surface area (Å²) in [5.74, 6) is 0.990. The molecule has 0 amide bonds. The summed E-state index contributed by atoms with van der Waals surface area (Å²) in [7, 11) is 0. The average Bonchev–Trinajstić information content (AvgIpc) is 3.06. The van der Waals surface area contributed by atoms with Gasteiger partial charge in [-0.05, 0) is 12.5 Å². The minimum absolute atomic E-state index is 0.432. The van der Waals surface area contributed by atoms with Gasteiger partial charge in [-0.3, -0.25) is 4.90 Å². The second-order valence-electron chi connectivity index (χ2n) is 6.38. The molecule has 1 fully saturated rings. The van der Waals surface area contributed by atoms with Crippen molar-refractivity contribution in [2.24, 2.45) is 0 Å². The van der Waals surface area contributed by atoms with Crippen LogP contribution in [0, 0.1) is 0 Å².